The first-order valence-electron chi connectivity index (χ1n) is 11.0. The molecular formula is C20H48O7Si4. The van der Waals surface area contributed by atoms with E-state index in [1.165, 1.54) is 0 Å². The van der Waals surface area contributed by atoms with Gasteiger partial charge in [-0.25, -0.2) is 0 Å². The molecule has 31 heavy (non-hydrogen) atoms. The summed E-state index contributed by atoms with van der Waals surface area (Å²) in [4.78, 5) is 0. The van der Waals surface area contributed by atoms with E-state index in [4.69, 9.17) is 31.0 Å². The zero-order valence-corrected chi connectivity index (χ0v) is 26.2. The summed E-state index contributed by atoms with van der Waals surface area (Å²) in [5.74, 6) is 0. The molecule has 0 bridgehead atoms. The van der Waals surface area contributed by atoms with Gasteiger partial charge in [0.25, 0.3) is 0 Å². The van der Waals surface area contributed by atoms with E-state index in [2.05, 4.69) is 53.9 Å². The molecule has 0 radical (unpaired) electrons. The monoisotopic (exact) mass is 512 g/mol. The summed E-state index contributed by atoms with van der Waals surface area (Å²) in [5.41, 5.74) is 1.80. The summed E-state index contributed by atoms with van der Waals surface area (Å²) >= 11 is 0. The van der Waals surface area contributed by atoms with Crippen LogP contribution in [0.3, 0.4) is 0 Å². The first kappa shape index (κ1) is 31.3. The van der Waals surface area contributed by atoms with Gasteiger partial charge >= 0.3 is 17.4 Å². The van der Waals surface area contributed by atoms with E-state index in [0.717, 1.165) is 12.8 Å². The Morgan fingerprint density at radius 2 is 1.35 bits per heavy atom. The van der Waals surface area contributed by atoms with Crippen LogP contribution in [0, 0.1) is 0 Å². The molecule has 0 rings (SSSR count). The van der Waals surface area contributed by atoms with Crippen molar-refractivity contribution in [3.8, 4) is 0 Å². The third kappa shape index (κ3) is 7.41. The van der Waals surface area contributed by atoms with Crippen molar-refractivity contribution in [2.24, 2.45) is 0 Å². The zero-order valence-electron chi connectivity index (χ0n) is 22.2. The van der Waals surface area contributed by atoms with Gasteiger partial charge in [-0.2, -0.15) is 0 Å². The van der Waals surface area contributed by atoms with Crippen molar-refractivity contribution in [3.63, 3.8) is 0 Å². The van der Waals surface area contributed by atoms with Crippen LogP contribution >= 0.6 is 0 Å². The Balaban J connectivity index is 5.83. The molecule has 0 aliphatic carbocycles. The fourth-order valence-corrected chi connectivity index (χ4v) is 14.4. The predicted molar refractivity (Wildman–Crippen MR) is 136 cm³/mol. The van der Waals surface area contributed by atoms with Gasteiger partial charge in [-0.15, -0.1) is 6.58 Å². The summed E-state index contributed by atoms with van der Waals surface area (Å²) in [6.45, 7) is 23.0. The minimum atomic E-state index is -2.78. The lowest BCUT2D eigenvalue weighted by atomic mass is 10.3. The molecule has 0 aromatic carbocycles. The number of hydrogen-bond donors (Lipinski definition) is 0. The predicted octanol–water partition coefficient (Wildman–Crippen LogP) is 4.72. The average molecular weight is 513 g/mol. The van der Waals surface area contributed by atoms with Gasteiger partial charge in [-0.3, -0.25) is 0 Å². The molecule has 0 saturated heterocycles. The van der Waals surface area contributed by atoms with E-state index in [1.807, 2.05) is 18.8 Å². The fraction of sp³-hybridized carbons (Fsp3) is 0.900. The smallest absolute Gasteiger partial charge is 0.410 e. The maximum absolute atomic E-state index is 6.85. The van der Waals surface area contributed by atoms with Crippen LogP contribution in [0.15, 0.2) is 12.3 Å². The minimum Gasteiger partial charge on any atom is -0.410 e. The molecule has 0 aliphatic heterocycles. The minimum absolute atomic E-state index is 0.0710. The lowest BCUT2D eigenvalue weighted by Crippen LogP contribution is -2.66. The highest BCUT2D eigenvalue weighted by atomic mass is 28.4. The molecule has 0 aromatic heterocycles. The third-order valence-electron chi connectivity index (χ3n) is 6.88. The molecule has 7 nitrogen and oxygen atoms in total. The molecule has 186 valence electrons. The topological polar surface area (TPSA) is 64.6 Å². The Hall–Kier alpha value is 0.328. The van der Waals surface area contributed by atoms with Gasteiger partial charge in [0.2, 0.25) is 16.6 Å². The van der Waals surface area contributed by atoms with E-state index in [1.54, 1.807) is 28.4 Å². The van der Waals surface area contributed by atoms with Crippen molar-refractivity contribution < 1.29 is 31.0 Å². The highest BCUT2D eigenvalue weighted by molar-refractivity contribution is 6.82. The van der Waals surface area contributed by atoms with Crippen molar-refractivity contribution in [3.05, 3.63) is 12.3 Å². The summed E-state index contributed by atoms with van der Waals surface area (Å²) in [6, 6.07) is 0. The first-order chi connectivity index (χ1) is 14.1. The van der Waals surface area contributed by atoms with Crippen molar-refractivity contribution in [2.45, 2.75) is 90.0 Å². The maximum atomic E-state index is 6.85. The second kappa shape index (κ2) is 12.2. The van der Waals surface area contributed by atoms with E-state index >= 15 is 0 Å². The van der Waals surface area contributed by atoms with Gasteiger partial charge in [0.15, 0.2) is 0 Å². The fourth-order valence-electron chi connectivity index (χ4n) is 3.37. The van der Waals surface area contributed by atoms with Crippen LogP contribution in [-0.4, -0.2) is 79.1 Å². The molecular weight excluding hydrogens is 465 g/mol. The zero-order chi connectivity index (χ0) is 24.7. The van der Waals surface area contributed by atoms with Gasteiger partial charge in [0.05, 0.1) is 16.7 Å². The SMILES string of the molecule is C=C[Si](C)(OC(C)[Si](C)(C)OC(CC)[Si](C)(OC)OC)C(C)(CC)O[Si](C)(OC)OC. The number of rotatable bonds is 16. The molecule has 11 heteroatoms. The van der Waals surface area contributed by atoms with Crippen LogP contribution in [-0.2, 0) is 31.0 Å². The van der Waals surface area contributed by atoms with Crippen LogP contribution in [0.25, 0.3) is 0 Å². The highest BCUT2D eigenvalue weighted by Gasteiger charge is 2.55. The van der Waals surface area contributed by atoms with Crippen molar-refractivity contribution in [1.29, 1.82) is 0 Å². The second-order valence-corrected chi connectivity index (χ2v) is 23.5. The molecule has 0 aromatic rings. The standard InChI is InChI=1S/C20H48O7Si4/c1-15-19(30(13,21-6)22-7)26-28(10,11)18(4)25-29(12,17-3)20(5,16-2)27-31(14,23-8)24-9/h17-19H,3,15-16H2,1-2,4-14H3. The average Bonchev–Trinajstić information content (AvgIpc) is 2.76. The number of hydrogen-bond acceptors (Lipinski definition) is 7. The van der Waals surface area contributed by atoms with Crippen LogP contribution in [0.4, 0.5) is 0 Å². The Bertz CT molecular complexity index is 558. The molecule has 0 aliphatic rings. The molecule has 4 unspecified atom stereocenters. The van der Waals surface area contributed by atoms with Crippen LogP contribution in [0.5, 0.6) is 0 Å². The van der Waals surface area contributed by atoms with E-state index in [9.17, 15) is 0 Å². The molecule has 0 amide bonds. The molecule has 4 atom stereocenters. The van der Waals surface area contributed by atoms with Crippen LogP contribution in [0.1, 0.15) is 40.5 Å². The first-order valence-corrected chi connectivity index (χ1v) is 21.1. The molecule has 0 saturated carbocycles. The van der Waals surface area contributed by atoms with E-state index in [0.29, 0.717) is 0 Å². The van der Waals surface area contributed by atoms with Gasteiger partial charge in [-0.1, -0.05) is 19.5 Å². The third-order valence-corrected chi connectivity index (χ3v) is 20.3. The Kier molecular flexibility index (Phi) is 12.3. The maximum Gasteiger partial charge on any atom is 0.497 e. The van der Waals surface area contributed by atoms with Crippen molar-refractivity contribution in [1.82, 2.24) is 0 Å². The molecule has 0 N–H and O–H groups in total. The van der Waals surface area contributed by atoms with E-state index in [-0.39, 0.29) is 11.5 Å². The normalized spacial score (nSPS) is 19.4. The van der Waals surface area contributed by atoms with Gasteiger partial charge in [0.1, 0.15) is 0 Å². The Morgan fingerprint density at radius 1 is 0.871 bits per heavy atom. The largest absolute Gasteiger partial charge is 0.497 e. The lowest BCUT2D eigenvalue weighted by Gasteiger charge is -2.48. The summed E-state index contributed by atoms with van der Waals surface area (Å²) in [6.07, 6.45) is 1.58. The molecule has 0 heterocycles. The Morgan fingerprint density at radius 3 is 1.68 bits per heavy atom. The lowest BCUT2D eigenvalue weighted by molar-refractivity contribution is 0.0241. The molecule has 0 spiro atoms. The van der Waals surface area contributed by atoms with Gasteiger partial charge < -0.3 is 31.0 Å². The Labute approximate surface area is 195 Å². The summed E-state index contributed by atoms with van der Waals surface area (Å²) < 4.78 is 42.8. The second-order valence-electron chi connectivity index (χ2n) is 9.07. The molecule has 0 fully saturated rings. The summed E-state index contributed by atoms with van der Waals surface area (Å²) in [7, 11) is -3.45. The summed E-state index contributed by atoms with van der Waals surface area (Å²) in [5, 5.41) is -0.563. The van der Waals surface area contributed by atoms with Crippen molar-refractivity contribution >= 4 is 34.0 Å². The van der Waals surface area contributed by atoms with Gasteiger partial charge in [0, 0.05) is 35.0 Å². The quantitative estimate of drug-likeness (QED) is 0.277. The van der Waals surface area contributed by atoms with Crippen LogP contribution in [0.2, 0.25) is 32.7 Å². The van der Waals surface area contributed by atoms with Crippen LogP contribution < -0.4 is 0 Å². The van der Waals surface area contributed by atoms with Gasteiger partial charge in [-0.05, 0) is 52.9 Å². The van der Waals surface area contributed by atoms with E-state index < -0.39 is 39.2 Å². The van der Waals surface area contributed by atoms with Crippen molar-refractivity contribution in [2.75, 3.05) is 28.4 Å². The highest BCUT2D eigenvalue weighted by Crippen LogP contribution is 2.36.